The highest BCUT2D eigenvalue weighted by Crippen LogP contribution is 2.41. The lowest BCUT2D eigenvalue weighted by Gasteiger charge is -2.42. The number of anilines is 2. The molecule has 4 fully saturated rings. The number of nitriles is 1. The Labute approximate surface area is 358 Å². The van der Waals surface area contributed by atoms with Crippen molar-refractivity contribution in [3.05, 3.63) is 53.2 Å². The van der Waals surface area contributed by atoms with Crippen molar-refractivity contribution >= 4 is 63.0 Å². The number of benzene rings is 2. The van der Waals surface area contributed by atoms with Crippen LogP contribution in [0.25, 0.3) is 10.9 Å². The number of amides is 2. The molecule has 2 aliphatic carbocycles. The van der Waals surface area contributed by atoms with E-state index in [4.69, 9.17) is 21.7 Å². The molecule has 3 aromatic rings. The Morgan fingerprint density at radius 3 is 2.31 bits per heavy atom. The summed E-state index contributed by atoms with van der Waals surface area (Å²) in [6, 6.07) is 10.4. The van der Waals surface area contributed by atoms with Crippen LogP contribution in [0.4, 0.5) is 24.5 Å². The number of carbonyl (C=O) groups is 4. The average molecular weight is 864 g/mol. The van der Waals surface area contributed by atoms with E-state index in [1.807, 2.05) is 23.1 Å². The number of Topliss-reactive ketones (excluding diaryl/α,β-unsaturated/α-hetero) is 2. The topological polar surface area (TPSA) is 150 Å². The lowest BCUT2D eigenvalue weighted by molar-refractivity contribution is -0.138. The Morgan fingerprint density at radius 1 is 1.00 bits per heavy atom. The van der Waals surface area contributed by atoms with Crippen molar-refractivity contribution in [3.63, 3.8) is 0 Å². The van der Waals surface area contributed by atoms with E-state index in [-0.39, 0.29) is 71.6 Å². The summed E-state index contributed by atoms with van der Waals surface area (Å²) in [7, 11) is 1.79. The number of ether oxygens (including phenoxy) is 2. The van der Waals surface area contributed by atoms with Crippen molar-refractivity contribution in [2.75, 3.05) is 30.0 Å². The minimum atomic E-state index is -4.77. The first-order chi connectivity index (χ1) is 28.9. The van der Waals surface area contributed by atoms with Gasteiger partial charge in [-0.25, -0.2) is 0 Å². The van der Waals surface area contributed by atoms with E-state index in [0.717, 1.165) is 53.6 Å². The predicted molar refractivity (Wildman–Crippen MR) is 225 cm³/mol. The number of alkyl halides is 3. The highest BCUT2D eigenvalue weighted by molar-refractivity contribution is 7.80. The zero-order valence-electron chi connectivity index (χ0n) is 35.1. The van der Waals surface area contributed by atoms with Crippen LogP contribution in [-0.4, -0.2) is 104 Å². The number of aryl methyl sites for hydroxylation is 1. The molecule has 1 N–H and O–H groups in total. The van der Waals surface area contributed by atoms with E-state index < -0.39 is 34.7 Å². The van der Waals surface area contributed by atoms with E-state index in [9.17, 15) is 37.6 Å². The number of thiocarbonyl (C=S) groups is 1. The first-order valence-corrected chi connectivity index (χ1v) is 21.4. The van der Waals surface area contributed by atoms with Gasteiger partial charge in [0.25, 0.3) is 5.91 Å². The van der Waals surface area contributed by atoms with Crippen LogP contribution in [-0.2, 0) is 41.9 Å². The van der Waals surface area contributed by atoms with Crippen LogP contribution in [0.1, 0.15) is 108 Å². The molecule has 2 amide bonds. The second kappa shape index (κ2) is 17.5. The molecule has 2 unspecified atom stereocenters. The summed E-state index contributed by atoms with van der Waals surface area (Å²) in [5.74, 6) is -1.17. The maximum absolute atomic E-state index is 13.7. The molecule has 2 saturated carbocycles. The van der Waals surface area contributed by atoms with E-state index in [1.54, 1.807) is 31.6 Å². The summed E-state index contributed by atoms with van der Waals surface area (Å²) < 4.78 is 55.4. The first-order valence-electron chi connectivity index (χ1n) is 21.0. The molecule has 17 heteroatoms. The van der Waals surface area contributed by atoms with Crippen LogP contribution >= 0.6 is 12.2 Å². The fourth-order valence-electron chi connectivity index (χ4n) is 9.80. The minimum absolute atomic E-state index is 0.00487. The Kier molecular flexibility index (Phi) is 12.7. The number of hydrogen-bond donors (Lipinski definition) is 1. The van der Waals surface area contributed by atoms with Gasteiger partial charge in [-0.2, -0.15) is 23.5 Å². The van der Waals surface area contributed by atoms with E-state index in [2.05, 4.69) is 29.2 Å². The van der Waals surface area contributed by atoms with Gasteiger partial charge in [-0.05, 0) is 109 Å². The van der Waals surface area contributed by atoms with Crippen LogP contribution in [0.2, 0.25) is 0 Å². The molecule has 326 valence electrons. The molecule has 4 aliphatic rings. The molecule has 13 nitrogen and oxygen atoms in total. The standard InChI is InChI=1S/C44H52F3N7O6S/c1-25-19-32(20-26(2)52(25)24-38(57)49-36-8-6-7-34-39(50-51(5)40(34)36)33-16-13-30(55)22-37(33)56)60-18-17-59-31-14-11-28(12-15-31)54-42(61)53(41(58)43(54,3)4)29-10-9-27(23-48)35(21-29)44(45,46)47/h6-10,21,25-26,28,31-33H,11-20,22,24H2,1-5H3,(H,49,57)/t25-,26+,28?,31?,32?,33?. The molecule has 3 heterocycles. The lowest BCUT2D eigenvalue weighted by atomic mass is 9.84. The number of fused-ring (bicyclic) bond motifs is 1. The number of nitrogens with zero attached hydrogens (tertiary/aromatic N) is 6. The molecule has 2 aromatic carbocycles. The van der Waals surface area contributed by atoms with Crippen molar-refractivity contribution in [2.24, 2.45) is 7.05 Å². The molecule has 0 spiro atoms. The number of hydrogen-bond acceptors (Lipinski definition) is 10. The third kappa shape index (κ3) is 8.95. The van der Waals surface area contributed by atoms with Gasteiger partial charge >= 0.3 is 6.18 Å². The maximum atomic E-state index is 13.7. The van der Waals surface area contributed by atoms with Gasteiger partial charge in [-0.15, -0.1) is 0 Å². The molecular formula is C44H52F3N7O6S. The maximum Gasteiger partial charge on any atom is 0.417 e. The van der Waals surface area contributed by atoms with Gasteiger partial charge in [0, 0.05) is 37.0 Å². The minimum Gasteiger partial charge on any atom is -0.376 e. The number of ketones is 2. The third-order valence-electron chi connectivity index (χ3n) is 12.8. The molecule has 61 heavy (non-hydrogen) atoms. The van der Waals surface area contributed by atoms with Gasteiger partial charge in [0.1, 0.15) is 17.1 Å². The molecule has 1 aromatic heterocycles. The number of piperidine rings is 1. The zero-order valence-corrected chi connectivity index (χ0v) is 35.9. The van der Waals surface area contributed by atoms with Crippen molar-refractivity contribution in [1.29, 1.82) is 5.26 Å². The van der Waals surface area contributed by atoms with Crippen LogP contribution in [0.3, 0.4) is 0 Å². The Balaban J connectivity index is 0.861. The normalized spacial score (nSPS) is 26.3. The van der Waals surface area contributed by atoms with Gasteiger partial charge in [0.15, 0.2) is 5.11 Å². The van der Waals surface area contributed by atoms with Crippen LogP contribution in [0.5, 0.6) is 0 Å². The lowest BCUT2D eigenvalue weighted by Crippen LogP contribution is -2.51. The van der Waals surface area contributed by atoms with Gasteiger partial charge in [-0.3, -0.25) is 33.7 Å². The monoisotopic (exact) mass is 863 g/mol. The Bertz CT molecular complexity index is 2250. The zero-order chi connectivity index (χ0) is 44.0. The molecule has 0 bridgehead atoms. The highest BCUT2D eigenvalue weighted by Gasteiger charge is 2.52. The quantitative estimate of drug-likeness (QED) is 0.123. The van der Waals surface area contributed by atoms with Gasteiger partial charge in [0.2, 0.25) is 5.91 Å². The fourth-order valence-corrected chi connectivity index (χ4v) is 10.4. The number of para-hydroxylation sites is 1. The number of halogens is 3. The van der Waals surface area contributed by atoms with E-state index in [0.29, 0.717) is 50.3 Å². The van der Waals surface area contributed by atoms with Crippen molar-refractivity contribution in [2.45, 2.75) is 133 Å². The summed E-state index contributed by atoms with van der Waals surface area (Å²) in [6.07, 6.45) is 0.260. The Hall–Kier alpha value is -4.76. The van der Waals surface area contributed by atoms with E-state index >= 15 is 0 Å². The summed E-state index contributed by atoms with van der Waals surface area (Å²) in [5, 5.41) is 17.9. The van der Waals surface area contributed by atoms with Gasteiger partial charge in [-0.1, -0.05) is 12.1 Å². The van der Waals surface area contributed by atoms with Crippen LogP contribution in [0.15, 0.2) is 36.4 Å². The number of aromatic nitrogens is 2. The number of rotatable bonds is 11. The molecule has 4 atom stereocenters. The number of carbonyl (C=O) groups excluding carboxylic acids is 4. The fraction of sp³-hybridized carbons (Fsp3) is 0.568. The van der Waals surface area contributed by atoms with Crippen molar-refractivity contribution in [3.8, 4) is 6.07 Å². The van der Waals surface area contributed by atoms with Gasteiger partial charge in [0.05, 0.1) is 84.1 Å². The SMILES string of the molecule is C[C@@H]1CC(OCCOC2CCC(N3C(=S)N(c4ccc(C#N)c(C(F)(F)F)c4)C(=O)C3(C)C)CC2)C[C@H](C)N1CC(=O)Nc1cccc2c(C3CCC(=O)CC3=O)nn(C)c12. The smallest absolute Gasteiger partial charge is 0.376 e. The molecule has 0 radical (unpaired) electrons. The van der Waals surface area contributed by atoms with Crippen molar-refractivity contribution in [1.82, 2.24) is 19.6 Å². The molecule has 2 aliphatic heterocycles. The average Bonchev–Trinajstić information content (AvgIpc) is 3.62. The number of likely N-dealkylation sites (tertiary alicyclic amines) is 1. The first kappa shape index (κ1) is 44.3. The summed E-state index contributed by atoms with van der Waals surface area (Å²) >= 11 is 5.74. The second-order valence-corrected chi connectivity index (χ2v) is 17.7. The summed E-state index contributed by atoms with van der Waals surface area (Å²) in [6.45, 7) is 8.68. The van der Waals surface area contributed by atoms with E-state index in [1.165, 1.54) is 6.07 Å². The predicted octanol–water partition coefficient (Wildman–Crippen LogP) is 6.81. The van der Waals surface area contributed by atoms with Crippen LogP contribution < -0.4 is 10.2 Å². The van der Waals surface area contributed by atoms with Gasteiger partial charge < -0.3 is 19.7 Å². The molecule has 2 saturated heterocycles. The second-order valence-electron chi connectivity index (χ2n) is 17.4. The Morgan fingerprint density at radius 2 is 1.67 bits per heavy atom. The third-order valence-corrected chi connectivity index (χ3v) is 13.2. The summed E-state index contributed by atoms with van der Waals surface area (Å²) in [5.41, 5.74) is -0.738. The molecule has 7 rings (SSSR count). The largest absolute Gasteiger partial charge is 0.417 e. The summed E-state index contributed by atoms with van der Waals surface area (Å²) in [4.78, 5) is 56.8. The highest BCUT2D eigenvalue weighted by atomic mass is 32.1. The van der Waals surface area contributed by atoms with Crippen LogP contribution in [0, 0.1) is 11.3 Å². The molecular weight excluding hydrogens is 812 g/mol. The van der Waals surface area contributed by atoms with Crippen molar-refractivity contribution < 1.29 is 41.8 Å². The number of nitrogens with one attached hydrogen (secondary N) is 1.